The molecule has 0 aromatic heterocycles. The van der Waals surface area contributed by atoms with E-state index in [0.717, 1.165) is 26.1 Å². The van der Waals surface area contributed by atoms with E-state index in [-0.39, 0.29) is 0 Å². The van der Waals surface area contributed by atoms with Gasteiger partial charge >= 0.3 is 0 Å². The standard InChI is InChI=1S/C15H25NO/c1-3-6-14-7-4-8-15(13-14)9-5-10-16-11-12-17-2/h4,7-8,13,16H,3,5-6,9-12H2,1-2H3. The monoisotopic (exact) mass is 235 g/mol. The first-order valence-corrected chi connectivity index (χ1v) is 6.64. The van der Waals surface area contributed by atoms with Crippen molar-refractivity contribution in [3.63, 3.8) is 0 Å². The summed E-state index contributed by atoms with van der Waals surface area (Å²) in [5, 5.41) is 3.37. The van der Waals surface area contributed by atoms with Crippen LogP contribution in [0.2, 0.25) is 0 Å². The second-order valence-corrected chi connectivity index (χ2v) is 4.42. The summed E-state index contributed by atoms with van der Waals surface area (Å²) in [6.07, 6.45) is 4.78. The van der Waals surface area contributed by atoms with Crippen molar-refractivity contribution in [3.05, 3.63) is 35.4 Å². The Hall–Kier alpha value is -0.860. The van der Waals surface area contributed by atoms with E-state index in [1.54, 1.807) is 7.11 Å². The van der Waals surface area contributed by atoms with Crippen LogP contribution >= 0.6 is 0 Å². The summed E-state index contributed by atoms with van der Waals surface area (Å²) in [5.41, 5.74) is 2.93. The van der Waals surface area contributed by atoms with Gasteiger partial charge in [0.25, 0.3) is 0 Å². The van der Waals surface area contributed by atoms with Crippen molar-refractivity contribution in [2.75, 3.05) is 26.8 Å². The maximum Gasteiger partial charge on any atom is 0.0587 e. The lowest BCUT2D eigenvalue weighted by atomic mass is 10.0. The van der Waals surface area contributed by atoms with Crippen LogP contribution in [0.15, 0.2) is 24.3 Å². The highest BCUT2D eigenvalue weighted by atomic mass is 16.5. The van der Waals surface area contributed by atoms with Crippen LogP contribution < -0.4 is 5.32 Å². The minimum absolute atomic E-state index is 0.798. The molecule has 0 aliphatic carbocycles. The van der Waals surface area contributed by atoms with Crippen molar-refractivity contribution < 1.29 is 4.74 Å². The summed E-state index contributed by atoms with van der Waals surface area (Å²) in [4.78, 5) is 0. The summed E-state index contributed by atoms with van der Waals surface area (Å²) in [7, 11) is 1.74. The summed E-state index contributed by atoms with van der Waals surface area (Å²) >= 11 is 0. The number of aryl methyl sites for hydroxylation is 2. The highest BCUT2D eigenvalue weighted by molar-refractivity contribution is 5.23. The largest absolute Gasteiger partial charge is 0.383 e. The van der Waals surface area contributed by atoms with Crippen molar-refractivity contribution in [1.29, 1.82) is 0 Å². The van der Waals surface area contributed by atoms with Crippen LogP contribution in [0.25, 0.3) is 0 Å². The fraction of sp³-hybridized carbons (Fsp3) is 0.600. The van der Waals surface area contributed by atoms with Crippen LogP contribution in [0.5, 0.6) is 0 Å². The first kappa shape index (κ1) is 14.2. The topological polar surface area (TPSA) is 21.3 Å². The third kappa shape index (κ3) is 6.44. The van der Waals surface area contributed by atoms with Crippen LogP contribution in [0.1, 0.15) is 30.9 Å². The Labute approximate surface area is 105 Å². The zero-order chi connectivity index (χ0) is 12.3. The van der Waals surface area contributed by atoms with Crippen molar-refractivity contribution >= 4 is 0 Å². The molecule has 1 rings (SSSR count). The maximum absolute atomic E-state index is 4.99. The molecule has 0 spiro atoms. The van der Waals surface area contributed by atoms with Gasteiger partial charge < -0.3 is 10.1 Å². The molecule has 0 saturated carbocycles. The molecule has 0 unspecified atom stereocenters. The van der Waals surface area contributed by atoms with Gasteiger partial charge in [0.15, 0.2) is 0 Å². The van der Waals surface area contributed by atoms with Crippen LogP contribution in [0, 0.1) is 0 Å². The van der Waals surface area contributed by atoms with E-state index >= 15 is 0 Å². The van der Waals surface area contributed by atoms with Gasteiger partial charge in [-0.3, -0.25) is 0 Å². The van der Waals surface area contributed by atoms with Gasteiger partial charge in [-0.05, 0) is 36.9 Å². The normalized spacial score (nSPS) is 10.7. The second-order valence-electron chi connectivity index (χ2n) is 4.42. The molecular weight excluding hydrogens is 210 g/mol. The molecule has 96 valence electrons. The van der Waals surface area contributed by atoms with E-state index in [4.69, 9.17) is 4.74 Å². The highest BCUT2D eigenvalue weighted by Crippen LogP contribution is 2.09. The van der Waals surface area contributed by atoms with Gasteiger partial charge in [-0.15, -0.1) is 0 Å². The zero-order valence-corrected chi connectivity index (χ0v) is 11.2. The minimum Gasteiger partial charge on any atom is -0.383 e. The molecule has 0 heterocycles. The van der Waals surface area contributed by atoms with E-state index in [2.05, 4.69) is 36.5 Å². The lowest BCUT2D eigenvalue weighted by Crippen LogP contribution is -2.20. The second kappa shape index (κ2) is 9.20. The van der Waals surface area contributed by atoms with Gasteiger partial charge in [0.05, 0.1) is 6.61 Å². The van der Waals surface area contributed by atoms with E-state index in [1.165, 1.54) is 30.4 Å². The molecule has 0 atom stereocenters. The maximum atomic E-state index is 4.99. The van der Waals surface area contributed by atoms with Gasteiger partial charge in [0.2, 0.25) is 0 Å². The molecule has 1 aromatic rings. The van der Waals surface area contributed by atoms with E-state index in [1.807, 2.05) is 0 Å². The van der Waals surface area contributed by atoms with Gasteiger partial charge in [0.1, 0.15) is 0 Å². The van der Waals surface area contributed by atoms with Crippen molar-refractivity contribution in [3.8, 4) is 0 Å². The number of hydrogen-bond donors (Lipinski definition) is 1. The summed E-state index contributed by atoms with van der Waals surface area (Å²) in [6, 6.07) is 8.98. The molecule has 2 nitrogen and oxygen atoms in total. The Morgan fingerprint density at radius 3 is 2.59 bits per heavy atom. The van der Waals surface area contributed by atoms with Crippen LogP contribution in [0.4, 0.5) is 0 Å². The third-order valence-electron chi connectivity index (χ3n) is 2.83. The predicted molar refractivity (Wildman–Crippen MR) is 73.5 cm³/mol. The zero-order valence-electron chi connectivity index (χ0n) is 11.2. The Bertz CT molecular complexity index is 299. The number of benzene rings is 1. The first-order chi connectivity index (χ1) is 8.36. The molecule has 2 heteroatoms. The first-order valence-electron chi connectivity index (χ1n) is 6.64. The molecular formula is C15H25NO. The van der Waals surface area contributed by atoms with Gasteiger partial charge in [-0.25, -0.2) is 0 Å². The molecule has 17 heavy (non-hydrogen) atoms. The average molecular weight is 235 g/mol. The Kier molecular flexibility index (Phi) is 7.69. The highest BCUT2D eigenvalue weighted by Gasteiger charge is 1.96. The molecule has 1 aromatic carbocycles. The van der Waals surface area contributed by atoms with Gasteiger partial charge in [-0.1, -0.05) is 37.6 Å². The van der Waals surface area contributed by atoms with Crippen LogP contribution in [-0.2, 0) is 17.6 Å². The quantitative estimate of drug-likeness (QED) is 0.665. The van der Waals surface area contributed by atoms with Crippen molar-refractivity contribution in [2.45, 2.75) is 32.6 Å². The summed E-state index contributed by atoms with van der Waals surface area (Å²) in [5.74, 6) is 0. The fourth-order valence-electron chi connectivity index (χ4n) is 1.95. The Morgan fingerprint density at radius 2 is 1.88 bits per heavy atom. The predicted octanol–water partition coefficient (Wildman–Crippen LogP) is 2.81. The molecule has 1 N–H and O–H groups in total. The SMILES string of the molecule is CCCc1cccc(CCCNCCOC)c1. The van der Waals surface area contributed by atoms with Crippen LogP contribution in [-0.4, -0.2) is 26.8 Å². The summed E-state index contributed by atoms with van der Waals surface area (Å²) < 4.78 is 4.99. The smallest absolute Gasteiger partial charge is 0.0587 e. The number of hydrogen-bond acceptors (Lipinski definition) is 2. The van der Waals surface area contributed by atoms with Gasteiger partial charge in [0, 0.05) is 13.7 Å². The molecule has 0 aliphatic rings. The average Bonchev–Trinajstić information content (AvgIpc) is 2.35. The lowest BCUT2D eigenvalue weighted by molar-refractivity contribution is 0.199. The molecule has 0 radical (unpaired) electrons. The third-order valence-corrected chi connectivity index (χ3v) is 2.83. The number of nitrogens with one attached hydrogen (secondary N) is 1. The van der Waals surface area contributed by atoms with Crippen molar-refractivity contribution in [1.82, 2.24) is 5.32 Å². The number of ether oxygens (including phenoxy) is 1. The molecule has 0 amide bonds. The fourth-order valence-corrected chi connectivity index (χ4v) is 1.95. The minimum atomic E-state index is 0.798. The Morgan fingerprint density at radius 1 is 1.12 bits per heavy atom. The van der Waals surface area contributed by atoms with Crippen molar-refractivity contribution in [2.24, 2.45) is 0 Å². The molecule has 0 aliphatic heterocycles. The molecule has 0 fully saturated rings. The molecule has 0 saturated heterocycles. The van der Waals surface area contributed by atoms with E-state index in [9.17, 15) is 0 Å². The molecule has 0 bridgehead atoms. The number of methoxy groups -OCH3 is 1. The number of rotatable bonds is 9. The van der Waals surface area contributed by atoms with E-state index in [0.29, 0.717) is 0 Å². The Balaban J connectivity index is 2.19. The van der Waals surface area contributed by atoms with E-state index < -0.39 is 0 Å². The lowest BCUT2D eigenvalue weighted by Gasteiger charge is -2.06. The van der Waals surface area contributed by atoms with Crippen LogP contribution in [0.3, 0.4) is 0 Å². The summed E-state index contributed by atoms with van der Waals surface area (Å²) in [6.45, 7) is 5.05. The van der Waals surface area contributed by atoms with Gasteiger partial charge in [-0.2, -0.15) is 0 Å².